The highest BCUT2D eigenvalue weighted by Gasteiger charge is 2.47. The van der Waals surface area contributed by atoms with Gasteiger partial charge < -0.3 is 29.1 Å². The molecule has 4 aliphatic rings. The zero-order chi connectivity index (χ0) is 59.2. The zero-order valence-corrected chi connectivity index (χ0v) is 45.3. The molecule has 1 unspecified atom stereocenters. The number of nitrogens with zero attached hydrogens (tertiary/aromatic N) is 10. The van der Waals surface area contributed by atoms with E-state index in [0.717, 1.165) is 56.0 Å². The first kappa shape index (κ1) is 59.4. The Morgan fingerprint density at radius 2 is 0.878 bits per heavy atom. The molecule has 4 aromatic rings. The van der Waals surface area contributed by atoms with E-state index in [0.29, 0.717) is 50.4 Å². The lowest BCUT2D eigenvalue weighted by Gasteiger charge is -2.44. The highest BCUT2D eigenvalue weighted by molar-refractivity contribution is 6.06. The third kappa shape index (κ3) is 12.7. The Morgan fingerprint density at radius 1 is 0.537 bits per heavy atom. The van der Waals surface area contributed by atoms with Gasteiger partial charge in [0.2, 0.25) is 11.8 Å². The number of hydrogen-bond acceptors (Lipinski definition) is 12. The van der Waals surface area contributed by atoms with E-state index in [9.17, 15) is 65.6 Å². The number of urea groups is 2. The van der Waals surface area contributed by atoms with Crippen LogP contribution in [0.15, 0.2) is 120 Å². The minimum Gasteiger partial charge on any atom is -0.463 e. The molecule has 0 spiro atoms. The number of amides is 6. The van der Waals surface area contributed by atoms with Crippen LogP contribution in [0.1, 0.15) is 73.2 Å². The zero-order valence-electron chi connectivity index (χ0n) is 45.3. The van der Waals surface area contributed by atoms with Crippen LogP contribution in [0.25, 0.3) is 0 Å². The van der Waals surface area contributed by atoms with E-state index in [1.165, 1.54) is 74.5 Å². The summed E-state index contributed by atoms with van der Waals surface area (Å²) >= 11 is 0. The normalized spacial score (nSPS) is 18.6. The van der Waals surface area contributed by atoms with Gasteiger partial charge in [-0.15, -0.1) is 0 Å². The maximum Gasteiger partial charge on any atom is 0.416 e. The molecule has 4 heterocycles. The van der Waals surface area contributed by atoms with Gasteiger partial charge in [-0.2, -0.15) is 36.9 Å². The Kier molecular flexibility index (Phi) is 18.1. The van der Waals surface area contributed by atoms with Gasteiger partial charge in [0.1, 0.15) is 13.1 Å². The Hall–Kier alpha value is -8.74. The van der Waals surface area contributed by atoms with Crippen LogP contribution in [0.2, 0.25) is 0 Å². The summed E-state index contributed by atoms with van der Waals surface area (Å²) in [7, 11) is 0. The van der Waals surface area contributed by atoms with Crippen molar-refractivity contribution in [1.29, 1.82) is 10.5 Å². The fraction of sp³-hybridized carbons (Fsp3) is 0.379. The predicted molar refractivity (Wildman–Crippen MR) is 285 cm³/mol. The van der Waals surface area contributed by atoms with Crippen LogP contribution >= 0.6 is 0 Å². The molecule has 4 aliphatic heterocycles. The number of carbonyl (C=O) groups excluding carboxylic acids is 6. The number of alkyl halides is 6. The topological polar surface area (TPSA) is 194 Å². The third-order valence-corrected chi connectivity index (χ3v) is 14.9. The maximum absolute atomic E-state index is 14.7. The first-order valence-corrected chi connectivity index (χ1v) is 26.4. The van der Waals surface area contributed by atoms with Gasteiger partial charge in [0.25, 0.3) is 0 Å². The van der Waals surface area contributed by atoms with E-state index in [4.69, 9.17) is 9.47 Å². The highest BCUT2D eigenvalue weighted by Crippen LogP contribution is 2.44. The fourth-order valence-corrected chi connectivity index (χ4v) is 10.6. The molecule has 2 saturated heterocycles. The van der Waals surface area contributed by atoms with Crippen LogP contribution in [0.4, 0.5) is 47.3 Å². The number of halogens is 6. The van der Waals surface area contributed by atoms with E-state index in [1.54, 1.807) is 23.6 Å². The second-order valence-corrected chi connectivity index (χ2v) is 19.7. The Morgan fingerprint density at radius 3 is 1.18 bits per heavy atom. The summed E-state index contributed by atoms with van der Waals surface area (Å²) in [5, 5.41) is 19.0. The van der Waals surface area contributed by atoms with Crippen molar-refractivity contribution in [1.82, 2.24) is 29.4 Å². The summed E-state index contributed by atoms with van der Waals surface area (Å²) in [6.45, 7) is 8.57. The predicted octanol–water partition coefficient (Wildman–Crippen LogP) is 8.10. The highest BCUT2D eigenvalue weighted by atomic mass is 19.4. The lowest BCUT2D eigenvalue weighted by atomic mass is 9.92. The van der Waals surface area contributed by atoms with Crippen LogP contribution in [0.3, 0.4) is 0 Å². The smallest absolute Gasteiger partial charge is 0.416 e. The Bertz CT molecular complexity index is 3030. The summed E-state index contributed by atoms with van der Waals surface area (Å²) in [5.74, 6) is -2.68. The molecule has 24 heteroatoms. The number of nitriles is 2. The molecule has 430 valence electrons. The fourth-order valence-electron chi connectivity index (χ4n) is 10.6. The molecular formula is C58H58F6N10O8. The number of carbonyl (C=O) groups is 6. The van der Waals surface area contributed by atoms with Crippen LogP contribution in [0.5, 0.6) is 0 Å². The lowest BCUT2D eigenvalue weighted by molar-refractivity contribution is -0.140. The minimum absolute atomic E-state index is 0.00383. The minimum atomic E-state index is -4.76. The molecule has 2 fully saturated rings. The Labute approximate surface area is 469 Å². The molecule has 8 rings (SSSR count). The molecular weight excluding hydrogens is 1080 g/mol. The quantitative estimate of drug-likeness (QED) is 0.0822. The van der Waals surface area contributed by atoms with Gasteiger partial charge in [0.15, 0.2) is 0 Å². The van der Waals surface area contributed by atoms with E-state index in [2.05, 4.69) is 9.80 Å². The van der Waals surface area contributed by atoms with Crippen molar-refractivity contribution in [2.45, 2.75) is 52.1 Å². The average molecular weight is 1140 g/mol. The molecule has 4 aromatic carbocycles. The molecule has 0 radical (unpaired) electrons. The number of hydrogen-bond donors (Lipinski definition) is 0. The summed E-state index contributed by atoms with van der Waals surface area (Å²) in [4.78, 5) is 97.3. The standard InChI is InChI=1S/C58H58F6N10O8/c1-5-81-53(77)49-37(3)73(45-11-7-9-43(31-45)57(59,60)61)55(79)71(51(49)41-17-13-39(33-65)14-18-41)35-47(75)69-27-23-67(24-28-69)21-22-68-25-29-70(30-26-68)48(76)36-72-52(42-19-15-40(34-66)16-20-42)50(54(78)82-6-2)38(4)74(56(72)80)46-12-8-10-44(32-46)58(62,63)64/h7-20,31-32,51-52H,5-6,21-30,35-36H2,1-4H3/t51-,52?/m1/s1. The van der Waals surface area contributed by atoms with Gasteiger partial charge in [-0.1, -0.05) is 36.4 Å². The molecule has 6 amide bonds. The van der Waals surface area contributed by atoms with Gasteiger partial charge in [-0.3, -0.25) is 29.2 Å². The molecule has 18 nitrogen and oxygen atoms in total. The molecule has 0 bridgehead atoms. The number of rotatable bonds is 15. The van der Waals surface area contributed by atoms with Crippen LogP contribution < -0.4 is 9.80 Å². The van der Waals surface area contributed by atoms with Crippen LogP contribution in [-0.2, 0) is 41.0 Å². The molecule has 0 aliphatic carbocycles. The number of piperazine rings is 2. The summed E-state index contributed by atoms with van der Waals surface area (Å²) in [6.07, 6.45) is -9.52. The van der Waals surface area contributed by atoms with Crippen molar-refractivity contribution in [3.63, 3.8) is 0 Å². The number of esters is 2. The first-order valence-electron chi connectivity index (χ1n) is 26.4. The first-order chi connectivity index (χ1) is 39.1. The van der Waals surface area contributed by atoms with Gasteiger partial charge >= 0.3 is 36.4 Å². The van der Waals surface area contributed by atoms with Crippen molar-refractivity contribution in [3.05, 3.63) is 153 Å². The van der Waals surface area contributed by atoms with Crippen molar-refractivity contribution >= 4 is 47.2 Å². The average Bonchev–Trinajstić information content (AvgIpc) is 1.72. The van der Waals surface area contributed by atoms with Gasteiger partial charge in [-0.05, 0) is 99.5 Å². The number of allylic oxidation sites excluding steroid dienone is 2. The molecule has 0 saturated carbocycles. The van der Waals surface area contributed by atoms with Crippen molar-refractivity contribution in [2.24, 2.45) is 0 Å². The number of ether oxygens (including phenoxy) is 2. The van der Waals surface area contributed by atoms with Gasteiger partial charge in [-0.25, -0.2) is 19.2 Å². The number of benzene rings is 4. The Balaban J connectivity index is 0.929. The molecule has 2 atom stereocenters. The van der Waals surface area contributed by atoms with Crippen molar-refractivity contribution in [3.8, 4) is 12.1 Å². The van der Waals surface area contributed by atoms with E-state index in [-0.39, 0.29) is 84.4 Å². The maximum atomic E-state index is 14.7. The SMILES string of the molecule is CCOC(=O)C1=C(C)N(c2cccc(C(F)(F)F)c2)C(=O)N(CC(=O)N2CCN(CCN3CCN(C(=O)CN4C(=O)N(c5cccc(C(F)(F)F)c5)C(C)=C(C(=O)OCC)[C@H]4c4ccc(C#N)cc4)CC3)CC2)C1c1ccc(C#N)cc1. The summed E-state index contributed by atoms with van der Waals surface area (Å²) in [5.41, 5.74) is -1.36. The third-order valence-electron chi connectivity index (χ3n) is 14.9. The largest absolute Gasteiger partial charge is 0.463 e. The second kappa shape index (κ2) is 25.0. The van der Waals surface area contributed by atoms with E-state index < -0.39 is 84.5 Å². The molecule has 0 N–H and O–H groups in total. The summed E-state index contributed by atoms with van der Waals surface area (Å²) in [6, 6.07) is 20.1. The van der Waals surface area contributed by atoms with Crippen molar-refractivity contribution < 1.29 is 64.6 Å². The monoisotopic (exact) mass is 1140 g/mol. The van der Waals surface area contributed by atoms with Crippen molar-refractivity contribution in [2.75, 3.05) is 102 Å². The van der Waals surface area contributed by atoms with E-state index in [1.807, 2.05) is 12.1 Å². The van der Waals surface area contributed by atoms with Gasteiger partial charge in [0.05, 0.1) is 82.2 Å². The molecule has 82 heavy (non-hydrogen) atoms. The van der Waals surface area contributed by atoms with Gasteiger partial charge in [0, 0.05) is 76.8 Å². The molecule has 0 aromatic heterocycles. The summed E-state index contributed by atoms with van der Waals surface area (Å²) < 4.78 is 94.7. The number of anilines is 2. The van der Waals surface area contributed by atoms with Crippen LogP contribution in [-0.4, -0.2) is 157 Å². The second-order valence-electron chi connectivity index (χ2n) is 19.7. The van der Waals surface area contributed by atoms with Crippen LogP contribution in [0, 0.1) is 22.7 Å². The lowest BCUT2D eigenvalue weighted by Crippen LogP contribution is -2.57. The van der Waals surface area contributed by atoms with E-state index >= 15 is 0 Å².